The Morgan fingerprint density at radius 3 is 0.818 bits per heavy atom. The van der Waals surface area contributed by atoms with E-state index in [0.29, 0.717) is 23.7 Å². The fourth-order valence-corrected chi connectivity index (χ4v) is 3.96. The van der Waals surface area contributed by atoms with Crippen LogP contribution < -0.4 is 0 Å². The van der Waals surface area contributed by atoms with Gasteiger partial charge >= 0.3 is 0 Å². The van der Waals surface area contributed by atoms with Crippen molar-refractivity contribution in [2.24, 2.45) is 23.7 Å². The molecule has 0 spiro atoms. The van der Waals surface area contributed by atoms with Gasteiger partial charge in [0.15, 0.2) is 0 Å². The van der Waals surface area contributed by atoms with Crippen molar-refractivity contribution in [3.63, 3.8) is 0 Å². The van der Waals surface area contributed by atoms with Crippen molar-refractivity contribution in [2.75, 3.05) is 0 Å². The van der Waals surface area contributed by atoms with E-state index in [1.165, 1.54) is 0 Å². The van der Waals surface area contributed by atoms with E-state index < -0.39 is 0 Å². The minimum Gasteiger partial charge on any atom is -0.230 e. The monoisotopic (exact) mass is 314 g/mol. The highest BCUT2D eigenvalue weighted by Gasteiger charge is 2.35. The van der Waals surface area contributed by atoms with Crippen molar-refractivity contribution >= 4 is 0 Å². The molecule has 0 atom stereocenters. The summed E-state index contributed by atoms with van der Waals surface area (Å²) in [6, 6.07) is 0. The Kier molecular flexibility index (Phi) is 9.24. The first-order valence-electron chi connectivity index (χ1n) is 9.24. The SMILES string of the molecule is CC(C)CC(C)(CC(C)C)OOC(C)(CC(C)C)CC(C)C. The third kappa shape index (κ3) is 9.84. The first-order valence-corrected chi connectivity index (χ1v) is 9.24. The molecule has 0 aliphatic rings. The Bertz CT molecular complexity index is 242. The quantitative estimate of drug-likeness (QED) is 0.314. The van der Waals surface area contributed by atoms with Crippen LogP contribution in [0.25, 0.3) is 0 Å². The Labute approximate surface area is 140 Å². The fourth-order valence-electron chi connectivity index (χ4n) is 3.96. The van der Waals surface area contributed by atoms with Crippen molar-refractivity contribution in [1.29, 1.82) is 0 Å². The molecule has 0 saturated heterocycles. The summed E-state index contributed by atoms with van der Waals surface area (Å²) in [6.07, 6.45) is 4.13. The van der Waals surface area contributed by atoms with Gasteiger partial charge in [0.1, 0.15) is 11.2 Å². The van der Waals surface area contributed by atoms with E-state index in [-0.39, 0.29) is 11.2 Å². The lowest BCUT2D eigenvalue weighted by Gasteiger charge is -2.38. The molecule has 0 aliphatic heterocycles. The Morgan fingerprint density at radius 1 is 0.500 bits per heavy atom. The summed E-state index contributed by atoms with van der Waals surface area (Å²) in [7, 11) is 0. The van der Waals surface area contributed by atoms with Gasteiger partial charge in [-0.1, -0.05) is 55.4 Å². The van der Waals surface area contributed by atoms with Crippen molar-refractivity contribution in [3.8, 4) is 0 Å². The predicted octanol–water partition coefficient (Wildman–Crippen LogP) is 6.64. The van der Waals surface area contributed by atoms with E-state index in [9.17, 15) is 0 Å². The number of hydrogen-bond acceptors (Lipinski definition) is 2. The lowest BCUT2D eigenvalue weighted by molar-refractivity contribution is -0.416. The Hall–Kier alpha value is -0.0800. The minimum absolute atomic E-state index is 0.197. The highest BCUT2D eigenvalue weighted by atomic mass is 17.2. The average Bonchev–Trinajstić information content (AvgIpc) is 2.21. The van der Waals surface area contributed by atoms with Crippen LogP contribution in [0, 0.1) is 23.7 Å². The topological polar surface area (TPSA) is 18.5 Å². The smallest absolute Gasteiger partial charge is 0.101 e. The first-order chi connectivity index (χ1) is 9.87. The van der Waals surface area contributed by atoms with E-state index in [1.54, 1.807) is 0 Å². The Balaban J connectivity index is 4.93. The largest absolute Gasteiger partial charge is 0.230 e. The zero-order valence-electron chi connectivity index (χ0n) is 17.0. The van der Waals surface area contributed by atoms with E-state index in [4.69, 9.17) is 9.78 Å². The second-order valence-electron chi connectivity index (χ2n) is 9.46. The lowest BCUT2D eigenvalue weighted by atomic mass is 9.86. The van der Waals surface area contributed by atoms with Gasteiger partial charge < -0.3 is 0 Å². The van der Waals surface area contributed by atoms with Gasteiger partial charge in [0.25, 0.3) is 0 Å². The minimum atomic E-state index is -0.197. The summed E-state index contributed by atoms with van der Waals surface area (Å²) in [5.41, 5.74) is -0.394. The maximum atomic E-state index is 6.12. The average molecular weight is 315 g/mol. The number of hydrogen-bond donors (Lipinski definition) is 0. The molecule has 0 heterocycles. The zero-order chi connectivity index (χ0) is 17.6. The molecule has 0 aliphatic carbocycles. The molecule has 2 nitrogen and oxygen atoms in total. The van der Waals surface area contributed by atoms with Gasteiger partial charge in [0.05, 0.1) is 0 Å². The summed E-state index contributed by atoms with van der Waals surface area (Å²) in [5.74, 6) is 2.42. The second kappa shape index (κ2) is 9.27. The van der Waals surface area contributed by atoms with Crippen molar-refractivity contribution < 1.29 is 9.78 Å². The van der Waals surface area contributed by atoms with E-state index in [1.807, 2.05) is 0 Å². The highest BCUT2D eigenvalue weighted by Crippen LogP contribution is 2.34. The second-order valence-corrected chi connectivity index (χ2v) is 9.46. The highest BCUT2D eigenvalue weighted by molar-refractivity contribution is 4.80. The molecule has 0 aromatic heterocycles. The van der Waals surface area contributed by atoms with Crippen molar-refractivity contribution in [1.82, 2.24) is 0 Å². The molecular weight excluding hydrogens is 272 g/mol. The molecule has 0 saturated carbocycles. The molecule has 2 heteroatoms. The van der Waals surface area contributed by atoms with E-state index in [2.05, 4.69) is 69.2 Å². The third-order valence-corrected chi connectivity index (χ3v) is 3.80. The van der Waals surface area contributed by atoms with Gasteiger partial charge in [-0.3, -0.25) is 0 Å². The molecule has 0 aromatic rings. The normalized spacial score (nSPS) is 13.9. The molecule has 134 valence electrons. The van der Waals surface area contributed by atoms with Crippen LogP contribution in [0.5, 0.6) is 0 Å². The van der Waals surface area contributed by atoms with Gasteiger partial charge in [0, 0.05) is 0 Å². The maximum absolute atomic E-state index is 6.12. The molecule has 0 radical (unpaired) electrons. The summed E-state index contributed by atoms with van der Waals surface area (Å²) in [4.78, 5) is 12.2. The molecular formula is C20H42O2. The molecule has 0 unspecified atom stereocenters. The van der Waals surface area contributed by atoms with Crippen LogP contribution in [0.4, 0.5) is 0 Å². The number of rotatable bonds is 11. The van der Waals surface area contributed by atoms with E-state index >= 15 is 0 Å². The van der Waals surface area contributed by atoms with E-state index in [0.717, 1.165) is 25.7 Å². The molecule has 0 rings (SSSR count). The lowest BCUT2D eigenvalue weighted by Crippen LogP contribution is -2.39. The summed E-state index contributed by atoms with van der Waals surface area (Å²) < 4.78 is 0. The summed E-state index contributed by atoms with van der Waals surface area (Å²) in [6.45, 7) is 22.4. The van der Waals surface area contributed by atoms with Crippen LogP contribution >= 0.6 is 0 Å². The van der Waals surface area contributed by atoms with Crippen molar-refractivity contribution in [3.05, 3.63) is 0 Å². The molecule has 0 N–H and O–H groups in total. The van der Waals surface area contributed by atoms with Crippen molar-refractivity contribution in [2.45, 2.75) is 106 Å². The molecule has 0 amide bonds. The third-order valence-electron chi connectivity index (χ3n) is 3.80. The Morgan fingerprint density at radius 2 is 0.682 bits per heavy atom. The van der Waals surface area contributed by atoms with Crippen LogP contribution in [0.2, 0.25) is 0 Å². The van der Waals surface area contributed by atoms with Gasteiger partial charge in [-0.05, 0) is 63.2 Å². The van der Waals surface area contributed by atoms with Gasteiger partial charge in [0.2, 0.25) is 0 Å². The van der Waals surface area contributed by atoms with Gasteiger partial charge in [-0.25, -0.2) is 9.78 Å². The van der Waals surface area contributed by atoms with Gasteiger partial charge in [-0.2, -0.15) is 0 Å². The molecule has 0 fully saturated rings. The maximum Gasteiger partial charge on any atom is 0.101 e. The summed E-state index contributed by atoms with van der Waals surface area (Å²) in [5, 5.41) is 0. The predicted molar refractivity (Wildman–Crippen MR) is 96.8 cm³/mol. The van der Waals surface area contributed by atoms with Crippen LogP contribution in [0.15, 0.2) is 0 Å². The fraction of sp³-hybridized carbons (Fsp3) is 1.00. The molecule has 0 bridgehead atoms. The standard InChI is InChI=1S/C20H42O2/c1-15(2)11-19(9,12-16(3)4)21-22-20(10,13-17(5)6)14-18(7)8/h15-18H,11-14H2,1-10H3. The molecule has 0 aromatic carbocycles. The van der Waals surface area contributed by atoms with Crippen LogP contribution in [0.1, 0.15) is 94.9 Å². The van der Waals surface area contributed by atoms with Crippen LogP contribution in [0.3, 0.4) is 0 Å². The van der Waals surface area contributed by atoms with Gasteiger partial charge in [-0.15, -0.1) is 0 Å². The summed E-state index contributed by atoms with van der Waals surface area (Å²) >= 11 is 0. The first kappa shape index (κ1) is 21.9. The zero-order valence-corrected chi connectivity index (χ0v) is 17.0. The van der Waals surface area contributed by atoms with Crippen LogP contribution in [-0.2, 0) is 9.78 Å². The van der Waals surface area contributed by atoms with Crippen LogP contribution in [-0.4, -0.2) is 11.2 Å². The molecule has 22 heavy (non-hydrogen) atoms.